The molecule has 0 amide bonds. The van der Waals surface area contributed by atoms with Gasteiger partial charge < -0.3 is 9.47 Å². The number of ether oxygens (including phenoxy) is 2. The highest BCUT2D eigenvalue weighted by atomic mass is 16.6. The zero-order valence-corrected chi connectivity index (χ0v) is 16.2. The van der Waals surface area contributed by atoms with Crippen LogP contribution in [0.2, 0.25) is 0 Å². The predicted octanol–water partition coefficient (Wildman–Crippen LogP) is 2.42. The first kappa shape index (κ1) is 17.1. The van der Waals surface area contributed by atoms with E-state index < -0.39 is 0 Å². The lowest BCUT2D eigenvalue weighted by Crippen LogP contribution is -2.22. The van der Waals surface area contributed by atoms with Crippen LogP contribution in [0, 0.1) is 0 Å². The van der Waals surface area contributed by atoms with Gasteiger partial charge >= 0.3 is 0 Å². The molecule has 1 aromatic carbocycles. The highest BCUT2D eigenvalue weighted by molar-refractivity contribution is 5.52. The number of nitrogens with zero attached hydrogens (tertiary/aromatic N) is 7. The van der Waals surface area contributed by atoms with Gasteiger partial charge in [-0.05, 0) is 30.7 Å². The van der Waals surface area contributed by atoms with Crippen LogP contribution in [-0.2, 0) is 13.0 Å². The maximum absolute atomic E-state index is 5.78. The Labute approximate surface area is 172 Å². The van der Waals surface area contributed by atoms with E-state index in [2.05, 4.69) is 15.1 Å². The first-order valence-corrected chi connectivity index (χ1v) is 10.0. The Morgan fingerprint density at radius 1 is 1.00 bits per heavy atom. The van der Waals surface area contributed by atoms with Crippen molar-refractivity contribution in [2.24, 2.45) is 0 Å². The molecule has 2 aliphatic heterocycles. The van der Waals surface area contributed by atoms with Crippen LogP contribution in [0.3, 0.4) is 0 Å². The first-order chi connectivity index (χ1) is 14.8. The van der Waals surface area contributed by atoms with Crippen molar-refractivity contribution in [1.82, 2.24) is 34.5 Å². The minimum Gasteiger partial charge on any atom is -0.486 e. The van der Waals surface area contributed by atoms with E-state index >= 15 is 0 Å². The molecule has 6 rings (SSSR count). The van der Waals surface area contributed by atoms with Gasteiger partial charge in [-0.1, -0.05) is 6.07 Å². The van der Waals surface area contributed by atoms with E-state index in [-0.39, 0.29) is 5.92 Å². The molecular formula is C21H19N7O2. The molecule has 0 fully saturated rings. The molecule has 0 saturated carbocycles. The molecule has 0 spiro atoms. The summed E-state index contributed by atoms with van der Waals surface area (Å²) in [4.78, 5) is 13.7. The summed E-state index contributed by atoms with van der Waals surface area (Å²) >= 11 is 0. The Morgan fingerprint density at radius 2 is 1.93 bits per heavy atom. The molecule has 0 saturated heterocycles. The summed E-state index contributed by atoms with van der Waals surface area (Å²) in [7, 11) is 0. The summed E-state index contributed by atoms with van der Waals surface area (Å²) in [5, 5.41) is 9.11. The molecule has 0 radical (unpaired) electrons. The summed E-state index contributed by atoms with van der Waals surface area (Å²) < 4.78 is 15.3. The smallest absolute Gasteiger partial charge is 0.200 e. The number of aryl methyl sites for hydroxylation is 1. The normalized spacial score (nSPS) is 17.5. The Morgan fingerprint density at radius 3 is 2.83 bits per heavy atom. The lowest BCUT2D eigenvalue weighted by Gasteiger charge is -2.22. The highest BCUT2D eigenvalue weighted by Gasteiger charge is 2.28. The third-order valence-corrected chi connectivity index (χ3v) is 5.48. The number of fused-ring (bicyclic) bond motifs is 2. The van der Waals surface area contributed by atoms with Crippen molar-refractivity contribution in [2.75, 3.05) is 13.2 Å². The summed E-state index contributed by atoms with van der Waals surface area (Å²) in [6.07, 6.45) is 5.05. The minimum atomic E-state index is 0.180. The highest BCUT2D eigenvalue weighted by Crippen LogP contribution is 2.35. The molecule has 1 atom stereocenters. The predicted molar refractivity (Wildman–Crippen MR) is 107 cm³/mol. The Kier molecular flexibility index (Phi) is 3.97. The first-order valence-electron chi connectivity index (χ1n) is 10.0. The van der Waals surface area contributed by atoms with Crippen molar-refractivity contribution < 1.29 is 9.47 Å². The fraction of sp³-hybridized carbons (Fsp3) is 0.286. The molecule has 9 heteroatoms. The number of pyridine rings is 1. The number of hydrogen-bond acceptors (Lipinski definition) is 7. The second kappa shape index (κ2) is 6.94. The van der Waals surface area contributed by atoms with E-state index in [0.717, 1.165) is 53.9 Å². The van der Waals surface area contributed by atoms with Crippen molar-refractivity contribution in [1.29, 1.82) is 0 Å². The average molecular weight is 401 g/mol. The Balaban J connectivity index is 1.45. The van der Waals surface area contributed by atoms with Crippen LogP contribution in [0.5, 0.6) is 11.5 Å². The van der Waals surface area contributed by atoms with E-state index in [4.69, 9.17) is 19.6 Å². The van der Waals surface area contributed by atoms with Crippen LogP contribution in [-0.4, -0.2) is 47.7 Å². The molecule has 4 aromatic rings. The quantitative estimate of drug-likeness (QED) is 0.520. The average Bonchev–Trinajstić information content (AvgIpc) is 3.46. The van der Waals surface area contributed by atoms with E-state index in [9.17, 15) is 0 Å². The second-order valence-corrected chi connectivity index (χ2v) is 7.34. The zero-order chi connectivity index (χ0) is 19.9. The van der Waals surface area contributed by atoms with Crippen molar-refractivity contribution >= 4 is 0 Å². The maximum Gasteiger partial charge on any atom is 0.200 e. The SMILES string of the molecule is c1ccc(-c2nc(C3CCn4ncnc4C3)n(-c3ccc4c(c3)OCCO4)n2)nc1. The second-order valence-electron chi connectivity index (χ2n) is 7.34. The minimum absolute atomic E-state index is 0.180. The fourth-order valence-electron chi connectivity index (χ4n) is 4.00. The summed E-state index contributed by atoms with van der Waals surface area (Å²) in [5.74, 6) is 4.13. The van der Waals surface area contributed by atoms with Crippen LogP contribution < -0.4 is 9.47 Å². The van der Waals surface area contributed by atoms with Gasteiger partial charge in [-0.25, -0.2) is 14.6 Å². The van der Waals surface area contributed by atoms with Crippen molar-refractivity contribution in [3.63, 3.8) is 0 Å². The van der Waals surface area contributed by atoms with Crippen LogP contribution >= 0.6 is 0 Å². The lowest BCUT2D eigenvalue weighted by atomic mass is 9.97. The van der Waals surface area contributed by atoms with Crippen molar-refractivity contribution in [3.8, 4) is 28.7 Å². The molecule has 2 aliphatic rings. The van der Waals surface area contributed by atoms with Gasteiger partial charge in [0.25, 0.3) is 0 Å². The molecule has 0 bridgehead atoms. The zero-order valence-electron chi connectivity index (χ0n) is 16.2. The third-order valence-electron chi connectivity index (χ3n) is 5.48. The van der Waals surface area contributed by atoms with Gasteiger partial charge in [0.15, 0.2) is 17.3 Å². The molecular weight excluding hydrogens is 382 g/mol. The van der Waals surface area contributed by atoms with E-state index in [1.54, 1.807) is 12.5 Å². The standard InChI is InChI=1S/C21H19N7O2/c1-2-7-22-16(3-1)20-25-21(14-6-8-27-19(11-14)23-13-24-27)28(26-20)15-4-5-17-18(12-15)30-10-9-29-17/h1-5,7,12-14H,6,8-11H2. The Bertz CT molecular complexity index is 1200. The van der Waals surface area contributed by atoms with Crippen LogP contribution in [0.25, 0.3) is 17.2 Å². The van der Waals surface area contributed by atoms with Gasteiger partial charge in [0.1, 0.15) is 36.9 Å². The molecule has 1 unspecified atom stereocenters. The summed E-state index contributed by atoms with van der Waals surface area (Å²) in [5.41, 5.74) is 1.63. The van der Waals surface area contributed by atoms with E-state index in [1.807, 2.05) is 45.8 Å². The summed E-state index contributed by atoms with van der Waals surface area (Å²) in [6, 6.07) is 11.6. The third kappa shape index (κ3) is 2.90. The van der Waals surface area contributed by atoms with Gasteiger partial charge in [0.05, 0.1) is 5.69 Å². The van der Waals surface area contributed by atoms with Gasteiger partial charge in [-0.2, -0.15) is 5.10 Å². The van der Waals surface area contributed by atoms with Crippen molar-refractivity contribution in [2.45, 2.75) is 25.3 Å². The molecule has 9 nitrogen and oxygen atoms in total. The molecule has 5 heterocycles. The molecule has 3 aromatic heterocycles. The number of aromatic nitrogens is 7. The maximum atomic E-state index is 5.78. The van der Waals surface area contributed by atoms with E-state index in [1.165, 1.54) is 0 Å². The topological polar surface area (TPSA) is 92.8 Å². The van der Waals surface area contributed by atoms with Crippen LogP contribution in [0.1, 0.15) is 24.0 Å². The number of benzene rings is 1. The van der Waals surface area contributed by atoms with Crippen LogP contribution in [0.4, 0.5) is 0 Å². The number of rotatable bonds is 3. The lowest BCUT2D eigenvalue weighted by molar-refractivity contribution is 0.171. The molecule has 0 aliphatic carbocycles. The van der Waals surface area contributed by atoms with Gasteiger partial charge in [0, 0.05) is 31.1 Å². The van der Waals surface area contributed by atoms with Gasteiger partial charge in [0.2, 0.25) is 0 Å². The molecule has 0 N–H and O–H groups in total. The van der Waals surface area contributed by atoms with Gasteiger partial charge in [-0.3, -0.25) is 9.67 Å². The molecule has 150 valence electrons. The Hall–Kier alpha value is -3.75. The van der Waals surface area contributed by atoms with Crippen LogP contribution in [0.15, 0.2) is 48.9 Å². The van der Waals surface area contributed by atoms with E-state index in [0.29, 0.717) is 19.0 Å². The fourth-order valence-corrected chi connectivity index (χ4v) is 4.00. The van der Waals surface area contributed by atoms with Crippen molar-refractivity contribution in [3.05, 3.63) is 60.6 Å². The largest absolute Gasteiger partial charge is 0.486 e. The monoisotopic (exact) mass is 401 g/mol. The molecule has 30 heavy (non-hydrogen) atoms. The number of hydrogen-bond donors (Lipinski definition) is 0. The summed E-state index contributed by atoms with van der Waals surface area (Å²) in [6.45, 7) is 1.92. The van der Waals surface area contributed by atoms with Gasteiger partial charge in [-0.15, -0.1) is 5.10 Å².